The van der Waals surface area contributed by atoms with Gasteiger partial charge in [-0.05, 0) is 18.9 Å². The molecule has 0 aliphatic rings. The minimum atomic E-state index is -0.535. The molecule has 0 heterocycles. The molecule has 6 heteroatoms. The van der Waals surface area contributed by atoms with Gasteiger partial charge < -0.3 is 4.74 Å². The van der Waals surface area contributed by atoms with Crippen LogP contribution in [0.25, 0.3) is 0 Å². The van der Waals surface area contributed by atoms with Crippen LogP contribution in [0.5, 0.6) is 0 Å². The maximum atomic E-state index is 11.7. The Morgan fingerprint density at radius 2 is 2.12 bits per heavy atom. The SMILES string of the molecule is CCOC(=O)c1cc([N+](=O)[O-])cc(Br)c1CC. The Kier molecular flexibility index (Phi) is 4.62. The maximum Gasteiger partial charge on any atom is 0.338 e. The lowest BCUT2D eigenvalue weighted by Crippen LogP contribution is -2.09. The zero-order valence-corrected chi connectivity index (χ0v) is 11.1. The fourth-order valence-corrected chi connectivity index (χ4v) is 2.21. The van der Waals surface area contributed by atoms with E-state index < -0.39 is 10.9 Å². The highest BCUT2D eigenvalue weighted by Gasteiger charge is 2.19. The molecule has 1 aromatic carbocycles. The number of carbonyl (C=O) groups excluding carboxylic acids is 1. The number of nitro groups is 1. The third-order valence-corrected chi connectivity index (χ3v) is 2.95. The maximum absolute atomic E-state index is 11.7. The molecule has 0 aromatic heterocycles. The minimum Gasteiger partial charge on any atom is -0.462 e. The van der Waals surface area contributed by atoms with Crippen LogP contribution < -0.4 is 0 Å². The van der Waals surface area contributed by atoms with Crippen LogP contribution in [0.15, 0.2) is 16.6 Å². The van der Waals surface area contributed by atoms with E-state index in [2.05, 4.69) is 15.9 Å². The predicted molar refractivity (Wildman–Crippen MR) is 66.1 cm³/mol. The van der Waals surface area contributed by atoms with E-state index in [0.29, 0.717) is 16.5 Å². The molecule has 0 unspecified atom stereocenters. The monoisotopic (exact) mass is 301 g/mol. The summed E-state index contributed by atoms with van der Waals surface area (Å²) in [7, 11) is 0. The molecule has 0 saturated heterocycles. The van der Waals surface area contributed by atoms with Crippen molar-refractivity contribution in [2.75, 3.05) is 6.61 Å². The van der Waals surface area contributed by atoms with E-state index in [-0.39, 0.29) is 17.9 Å². The lowest BCUT2D eigenvalue weighted by molar-refractivity contribution is -0.385. The smallest absolute Gasteiger partial charge is 0.338 e. The lowest BCUT2D eigenvalue weighted by atomic mass is 10.0. The number of hydrogen-bond acceptors (Lipinski definition) is 4. The van der Waals surface area contributed by atoms with E-state index in [4.69, 9.17) is 4.74 Å². The number of nitro benzene ring substituents is 1. The van der Waals surface area contributed by atoms with Gasteiger partial charge in [-0.1, -0.05) is 22.9 Å². The average molecular weight is 302 g/mol. The van der Waals surface area contributed by atoms with Crippen LogP contribution in [0.1, 0.15) is 29.8 Å². The molecule has 0 saturated carbocycles. The number of ether oxygens (including phenoxy) is 1. The first-order chi connectivity index (χ1) is 8.01. The van der Waals surface area contributed by atoms with Gasteiger partial charge in [0, 0.05) is 16.6 Å². The van der Waals surface area contributed by atoms with E-state index in [1.165, 1.54) is 12.1 Å². The normalized spacial score (nSPS) is 10.1. The van der Waals surface area contributed by atoms with Gasteiger partial charge in [-0.25, -0.2) is 4.79 Å². The summed E-state index contributed by atoms with van der Waals surface area (Å²) < 4.78 is 5.43. The van der Waals surface area contributed by atoms with Gasteiger partial charge in [-0.2, -0.15) is 0 Å². The minimum absolute atomic E-state index is 0.128. The Morgan fingerprint density at radius 1 is 1.47 bits per heavy atom. The number of halogens is 1. The molecule has 0 amide bonds. The number of benzene rings is 1. The molecule has 0 radical (unpaired) electrons. The van der Waals surface area contributed by atoms with Gasteiger partial charge in [-0.3, -0.25) is 10.1 Å². The summed E-state index contributed by atoms with van der Waals surface area (Å²) in [5.74, 6) is -0.534. The number of non-ortho nitro benzene ring substituents is 1. The first kappa shape index (κ1) is 13.6. The molecule has 0 N–H and O–H groups in total. The first-order valence-corrected chi connectivity index (χ1v) is 5.94. The second-order valence-electron chi connectivity index (χ2n) is 3.28. The second-order valence-corrected chi connectivity index (χ2v) is 4.14. The molecule has 17 heavy (non-hydrogen) atoms. The molecule has 1 rings (SSSR count). The second kappa shape index (κ2) is 5.77. The van der Waals surface area contributed by atoms with Crippen molar-refractivity contribution < 1.29 is 14.5 Å². The van der Waals surface area contributed by atoms with E-state index in [1.54, 1.807) is 6.92 Å². The summed E-state index contributed by atoms with van der Waals surface area (Å²) in [6, 6.07) is 2.64. The van der Waals surface area contributed by atoms with Crippen molar-refractivity contribution in [3.05, 3.63) is 37.8 Å². The summed E-state index contributed by atoms with van der Waals surface area (Å²) in [5.41, 5.74) is 0.835. The van der Waals surface area contributed by atoms with E-state index in [9.17, 15) is 14.9 Å². The predicted octanol–water partition coefficient (Wildman–Crippen LogP) is 3.10. The van der Waals surface area contributed by atoms with Crippen molar-refractivity contribution >= 4 is 27.6 Å². The van der Waals surface area contributed by atoms with Crippen molar-refractivity contribution in [1.82, 2.24) is 0 Å². The number of esters is 1. The van der Waals surface area contributed by atoms with Crippen LogP contribution >= 0.6 is 15.9 Å². The topological polar surface area (TPSA) is 69.4 Å². The fourth-order valence-electron chi connectivity index (χ4n) is 1.48. The van der Waals surface area contributed by atoms with Crippen LogP contribution in [-0.4, -0.2) is 17.5 Å². The van der Waals surface area contributed by atoms with Gasteiger partial charge in [0.1, 0.15) is 0 Å². The standard InChI is InChI=1S/C11H12BrNO4/c1-3-8-9(11(14)17-4-2)5-7(13(15)16)6-10(8)12/h5-6H,3-4H2,1-2H3. The van der Waals surface area contributed by atoms with Crippen LogP contribution in [0.4, 0.5) is 5.69 Å². The number of nitrogens with zero attached hydrogens (tertiary/aromatic N) is 1. The third-order valence-electron chi connectivity index (χ3n) is 2.24. The van der Waals surface area contributed by atoms with Gasteiger partial charge in [-0.15, -0.1) is 0 Å². The van der Waals surface area contributed by atoms with Crippen molar-refractivity contribution in [3.63, 3.8) is 0 Å². The van der Waals surface area contributed by atoms with E-state index >= 15 is 0 Å². The molecule has 0 spiro atoms. The largest absolute Gasteiger partial charge is 0.462 e. The quantitative estimate of drug-likeness (QED) is 0.487. The molecule has 0 bridgehead atoms. The molecule has 92 valence electrons. The highest BCUT2D eigenvalue weighted by atomic mass is 79.9. The van der Waals surface area contributed by atoms with Crippen molar-refractivity contribution in [2.45, 2.75) is 20.3 Å². The summed E-state index contributed by atoms with van der Waals surface area (Å²) in [6.07, 6.45) is 0.590. The Morgan fingerprint density at radius 3 is 2.59 bits per heavy atom. The third kappa shape index (κ3) is 3.03. The summed E-state index contributed by atoms with van der Waals surface area (Å²) in [6.45, 7) is 3.80. The first-order valence-electron chi connectivity index (χ1n) is 5.15. The van der Waals surface area contributed by atoms with E-state index in [0.717, 1.165) is 0 Å². The molecule has 0 aliphatic carbocycles. The Labute approximate surface area is 107 Å². The van der Waals surface area contributed by atoms with Crippen molar-refractivity contribution in [2.24, 2.45) is 0 Å². The number of carbonyl (C=O) groups is 1. The molecule has 5 nitrogen and oxygen atoms in total. The van der Waals surface area contributed by atoms with Gasteiger partial charge in [0.15, 0.2) is 0 Å². The molecular formula is C11H12BrNO4. The lowest BCUT2D eigenvalue weighted by Gasteiger charge is -2.09. The Balaban J connectivity index is 3.33. The van der Waals surface area contributed by atoms with Gasteiger partial charge in [0.05, 0.1) is 17.1 Å². The molecule has 0 atom stereocenters. The zero-order chi connectivity index (χ0) is 13.0. The highest BCUT2D eigenvalue weighted by molar-refractivity contribution is 9.10. The van der Waals surface area contributed by atoms with E-state index in [1.807, 2.05) is 6.92 Å². The Hall–Kier alpha value is -1.43. The average Bonchev–Trinajstić information content (AvgIpc) is 2.28. The van der Waals surface area contributed by atoms with Crippen molar-refractivity contribution in [1.29, 1.82) is 0 Å². The van der Waals surface area contributed by atoms with Gasteiger partial charge in [0.25, 0.3) is 5.69 Å². The molecular weight excluding hydrogens is 290 g/mol. The van der Waals surface area contributed by atoms with Crippen LogP contribution in [0.3, 0.4) is 0 Å². The number of hydrogen-bond donors (Lipinski definition) is 0. The van der Waals surface area contributed by atoms with Gasteiger partial charge in [0.2, 0.25) is 0 Å². The highest BCUT2D eigenvalue weighted by Crippen LogP contribution is 2.28. The fraction of sp³-hybridized carbons (Fsp3) is 0.364. The summed E-state index contributed by atoms with van der Waals surface area (Å²) in [5, 5.41) is 10.7. The van der Waals surface area contributed by atoms with Crippen LogP contribution in [0.2, 0.25) is 0 Å². The van der Waals surface area contributed by atoms with Crippen molar-refractivity contribution in [3.8, 4) is 0 Å². The zero-order valence-electron chi connectivity index (χ0n) is 9.53. The van der Waals surface area contributed by atoms with Crippen LogP contribution in [0, 0.1) is 10.1 Å². The van der Waals surface area contributed by atoms with Gasteiger partial charge >= 0.3 is 5.97 Å². The molecule has 0 aliphatic heterocycles. The summed E-state index contributed by atoms with van der Waals surface area (Å²) in [4.78, 5) is 21.9. The molecule has 1 aromatic rings. The Bertz CT molecular complexity index is 459. The summed E-state index contributed by atoms with van der Waals surface area (Å²) >= 11 is 3.23. The van der Waals surface area contributed by atoms with Crippen LogP contribution in [-0.2, 0) is 11.2 Å². The molecule has 0 fully saturated rings. The number of rotatable bonds is 4.